The van der Waals surface area contributed by atoms with Crippen molar-refractivity contribution in [1.29, 1.82) is 0 Å². The van der Waals surface area contributed by atoms with Crippen molar-refractivity contribution in [2.24, 2.45) is 10.3 Å². The Bertz CT molecular complexity index is 201. The van der Waals surface area contributed by atoms with Gasteiger partial charge in [0.25, 0.3) is 0 Å². The van der Waals surface area contributed by atoms with Gasteiger partial charge in [-0.2, -0.15) is 4.40 Å². The molecule has 0 saturated heterocycles. The quantitative estimate of drug-likeness (QED) is 0.623. The highest BCUT2D eigenvalue weighted by Gasteiger charge is 2.21. The first kappa shape index (κ1) is 9.90. The second-order valence-corrected chi connectivity index (χ2v) is 6.26. The van der Waals surface area contributed by atoms with E-state index in [0.29, 0.717) is 0 Å². The summed E-state index contributed by atoms with van der Waals surface area (Å²) in [6.07, 6.45) is 5.50. The van der Waals surface area contributed by atoms with Crippen molar-refractivity contribution in [2.75, 3.05) is 0 Å². The molecule has 0 radical (unpaired) electrons. The predicted molar refractivity (Wildman–Crippen MR) is 53.7 cm³/mol. The Morgan fingerprint density at radius 3 is 2.50 bits per heavy atom. The first-order valence-electron chi connectivity index (χ1n) is 4.44. The average molecular weight is 187 g/mol. The predicted octanol–water partition coefficient (Wildman–Crippen LogP) is 2.32. The SMILES string of the molecule is CC(C)(C)[S@](=O)/N=C/CC1CC1. The second kappa shape index (κ2) is 3.69. The minimum atomic E-state index is -1.06. The average Bonchev–Trinajstić information content (AvgIpc) is 2.69. The summed E-state index contributed by atoms with van der Waals surface area (Å²) in [4.78, 5) is 0. The Morgan fingerprint density at radius 2 is 2.08 bits per heavy atom. The lowest BCUT2D eigenvalue weighted by Gasteiger charge is -2.12. The molecule has 0 aromatic heterocycles. The highest BCUT2D eigenvalue weighted by molar-refractivity contribution is 7.85. The van der Waals surface area contributed by atoms with Gasteiger partial charge in [0.05, 0.1) is 4.75 Å². The first-order chi connectivity index (χ1) is 5.50. The Labute approximate surface area is 77.1 Å². The van der Waals surface area contributed by atoms with Gasteiger partial charge in [-0.25, -0.2) is 4.21 Å². The zero-order valence-corrected chi connectivity index (χ0v) is 8.86. The van der Waals surface area contributed by atoms with Crippen molar-refractivity contribution in [1.82, 2.24) is 0 Å². The molecule has 12 heavy (non-hydrogen) atoms. The molecule has 0 heterocycles. The molecule has 0 bridgehead atoms. The van der Waals surface area contributed by atoms with Crippen molar-refractivity contribution in [3.63, 3.8) is 0 Å². The summed E-state index contributed by atoms with van der Waals surface area (Å²) < 4.78 is 15.2. The second-order valence-electron chi connectivity index (χ2n) is 4.33. The van der Waals surface area contributed by atoms with Crippen molar-refractivity contribution in [3.05, 3.63) is 0 Å². The Hall–Kier alpha value is -0.180. The third kappa shape index (κ3) is 3.48. The van der Waals surface area contributed by atoms with Crippen molar-refractivity contribution >= 4 is 17.2 Å². The first-order valence-corrected chi connectivity index (χ1v) is 5.55. The van der Waals surface area contributed by atoms with Gasteiger partial charge >= 0.3 is 0 Å². The molecule has 0 N–H and O–H groups in total. The van der Waals surface area contributed by atoms with Crippen LogP contribution < -0.4 is 0 Å². The van der Waals surface area contributed by atoms with Crippen LogP contribution in [-0.4, -0.2) is 15.2 Å². The van der Waals surface area contributed by atoms with E-state index in [0.717, 1.165) is 12.3 Å². The summed E-state index contributed by atoms with van der Waals surface area (Å²) in [5.74, 6) is 0.839. The lowest BCUT2D eigenvalue weighted by Crippen LogP contribution is -2.19. The number of hydrogen-bond acceptors (Lipinski definition) is 1. The molecule has 0 amide bonds. The molecule has 70 valence electrons. The van der Waals surface area contributed by atoms with Crippen LogP contribution in [0.4, 0.5) is 0 Å². The van der Waals surface area contributed by atoms with Crippen LogP contribution >= 0.6 is 0 Å². The van der Waals surface area contributed by atoms with E-state index in [1.165, 1.54) is 12.8 Å². The van der Waals surface area contributed by atoms with Gasteiger partial charge in [0.15, 0.2) is 0 Å². The van der Waals surface area contributed by atoms with Crippen LogP contribution in [0.5, 0.6) is 0 Å². The molecule has 1 fully saturated rings. The summed E-state index contributed by atoms with van der Waals surface area (Å²) in [6.45, 7) is 5.83. The maximum Gasteiger partial charge on any atom is 0.144 e. The van der Waals surface area contributed by atoms with Crippen molar-refractivity contribution in [3.8, 4) is 0 Å². The molecule has 0 aliphatic heterocycles. The van der Waals surface area contributed by atoms with Gasteiger partial charge in [-0.05, 0) is 46.0 Å². The minimum absolute atomic E-state index is 0.208. The summed E-state index contributed by atoms with van der Waals surface area (Å²) in [5, 5.41) is 0. The summed E-state index contributed by atoms with van der Waals surface area (Å²) >= 11 is 0. The lowest BCUT2D eigenvalue weighted by atomic mass is 10.3. The van der Waals surface area contributed by atoms with Gasteiger partial charge in [0, 0.05) is 6.21 Å². The molecule has 0 aromatic rings. The van der Waals surface area contributed by atoms with E-state index in [9.17, 15) is 4.21 Å². The van der Waals surface area contributed by atoms with E-state index in [4.69, 9.17) is 0 Å². The van der Waals surface area contributed by atoms with Crippen LogP contribution in [0.2, 0.25) is 0 Å². The fraction of sp³-hybridized carbons (Fsp3) is 0.889. The Kier molecular flexibility index (Phi) is 3.04. The highest BCUT2D eigenvalue weighted by Crippen LogP contribution is 2.31. The van der Waals surface area contributed by atoms with Crippen LogP contribution in [0.3, 0.4) is 0 Å². The standard InChI is InChI=1S/C9H17NOS/c1-9(2,3)12(11)10-7-6-8-4-5-8/h7-8H,4-6H2,1-3H3/b10-7+/t12-/m0/s1. The molecule has 0 spiro atoms. The van der Waals surface area contributed by atoms with Crippen molar-refractivity contribution < 1.29 is 4.21 Å². The molecule has 0 aromatic carbocycles. The topological polar surface area (TPSA) is 29.4 Å². The van der Waals surface area contributed by atoms with Gasteiger partial charge in [-0.1, -0.05) is 0 Å². The van der Waals surface area contributed by atoms with Crippen LogP contribution in [0.25, 0.3) is 0 Å². The number of rotatable bonds is 3. The van der Waals surface area contributed by atoms with E-state index in [-0.39, 0.29) is 4.75 Å². The van der Waals surface area contributed by atoms with Gasteiger partial charge in [-0.15, -0.1) is 0 Å². The van der Waals surface area contributed by atoms with Crippen LogP contribution in [0, 0.1) is 5.92 Å². The third-order valence-corrected chi connectivity index (χ3v) is 3.22. The molecule has 1 rings (SSSR count). The van der Waals surface area contributed by atoms with Crippen LogP contribution in [0.1, 0.15) is 40.0 Å². The molecular formula is C9H17NOS. The maximum atomic E-state index is 11.4. The smallest absolute Gasteiger partial charge is 0.144 e. The Balaban J connectivity index is 2.28. The van der Waals surface area contributed by atoms with Gasteiger partial charge < -0.3 is 0 Å². The molecule has 1 atom stereocenters. The van der Waals surface area contributed by atoms with E-state index >= 15 is 0 Å². The van der Waals surface area contributed by atoms with Gasteiger partial charge in [0.2, 0.25) is 0 Å². The molecule has 3 heteroatoms. The molecule has 1 saturated carbocycles. The number of hydrogen-bond donors (Lipinski definition) is 0. The number of nitrogens with zero attached hydrogens (tertiary/aromatic N) is 1. The molecule has 0 unspecified atom stereocenters. The fourth-order valence-electron chi connectivity index (χ4n) is 0.771. The minimum Gasteiger partial charge on any atom is -0.234 e. The summed E-state index contributed by atoms with van der Waals surface area (Å²) in [7, 11) is -1.06. The van der Waals surface area contributed by atoms with E-state index in [2.05, 4.69) is 4.40 Å². The summed E-state index contributed by atoms with van der Waals surface area (Å²) in [5.41, 5.74) is 0. The van der Waals surface area contributed by atoms with Gasteiger partial charge in [-0.3, -0.25) is 0 Å². The molecule has 1 aliphatic rings. The monoisotopic (exact) mass is 187 g/mol. The van der Waals surface area contributed by atoms with Crippen molar-refractivity contribution in [2.45, 2.75) is 44.8 Å². The lowest BCUT2D eigenvalue weighted by molar-refractivity contribution is 0.650. The molecule has 2 nitrogen and oxygen atoms in total. The largest absolute Gasteiger partial charge is 0.234 e. The fourth-order valence-corrected chi connectivity index (χ4v) is 1.31. The maximum absolute atomic E-state index is 11.4. The van der Waals surface area contributed by atoms with E-state index < -0.39 is 11.0 Å². The normalized spacial score (nSPS) is 21.6. The van der Waals surface area contributed by atoms with Crippen LogP contribution in [0.15, 0.2) is 4.40 Å². The zero-order valence-electron chi connectivity index (χ0n) is 8.04. The van der Waals surface area contributed by atoms with Crippen LogP contribution in [-0.2, 0) is 11.0 Å². The molecule has 1 aliphatic carbocycles. The highest BCUT2D eigenvalue weighted by atomic mass is 32.2. The van der Waals surface area contributed by atoms with Gasteiger partial charge in [0.1, 0.15) is 11.0 Å². The van der Waals surface area contributed by atoms with E-state index in [1.54, 1.807) is 0 Å². The van der Waals surface area contributed by atoms with E-state index in [1.807, 2.05) is 27.0 Å². The third-order valence-electron chi connectivity index (χ3n) is 1.83. The zero-order chi connectivity index (χ0) is 9.19. The Morgan fingerprint density at radius 1 is 1.50 bits per heavy atom. The summed E-state index contributed by atoms with van der Waals surface area (Å²) in [6, 6.07) is 0. The molecular weight excluding hydrogens is 170 g/mol.